The number of hydrogen-bond donors (Lipinski definition) is 1. The first-order valence-electron chi connectivity index (χ1n) is 5.07. The van der Waals surface area contributed by atoms with Gasteiger partial charge in [-0.1, -0.05) is 18.2 Å². The van der Waals surface area contributed by atoms with E-state index in [1.54, 1.807) is 0 Å². The zero-order chi connectivity index (χ0) is 11.3. The van der Waals surface area contributed by atoms with E-state index in [1.807, 2.05) is 32.0 Å². The highest BCUT2D eigenvalue weighted by Crippen LogP contribution is 2.51. The van der Waals surface area contributed by atoms with Gasteiger partial charge >= 0.3 is 0 Å². The van der Waals surface area contributed by atoms with Crippen LogP contribution in [0.1, 0.15) is 29.5 Å². The van der Waals surface area contributed by atoms with E-state index >= 15 is 0 Å². The summed E-state index contributed by atoms with van der Waals surface area (Å²) in [5.74, 6) is -2.58. The summed E-state index contributed by atoms with van der Waals surface area (Å²) in [7, 11) is 0. The van der Waals surface area contributed by atoms with Gasteiger partial charge in [0.1, 0.15) is 0 Å². The first kappa shape index (κ1) is 10.6. The Hall–Kier alpha value is -0.960. The van der Waals surface area contributed by atoms with E-state index in [0.29, 0.717) is 0 Å². The standard InChI is InChI=1S/C12H15F2N/c1-8-4-3-5-9(2)10(8)11(15)6-12(13,14)7-11/h3-5H,6-7,15H2,1-2H3. The number of halogens is 2. The quantitative estimate of drug-likeness (QED) is 0.759. The van der Waals surface area contributed by atoms with Gasteiger partial charge in [0, 0.05) is 12.8 Å². The fourth-order valence-corrected chi connectivity index (χ4v) is 2.65. The van der Waals surface area contributed by atoms with E-state index < -0.39 is 11.5 Å². The Bertz CT molecular complexity index is 370. The van der Waals surface area contributed by atoms with Crippen LogP contribution in [0.15, 0.2) is 18.2 Å². The van der Waals surface area contributed by atoms with Crippen LogP contribution < -0.4 is 5.73 Å². The van der Waals surface area contributed by atoms with Crippen molar-refractivity contribution in [2.45, 2.75) is 38.2 Å². The van der Waals surface area contributed by atoms with Crippen LogP contribution in [0.25, 0.3) is 0 Å². The Morgan fingerprint density at radius 2 is 1.60 bits per heavy atom. The molecule has 82 valence electrons. The van der Waals surface area contributed by atoms with E-state index in [0.717, 1.165) is 16.7 Å². The molecule has 0 bridgehead atoms. The molecule has 2 N–H and O–H groups in total. The van der Waals surface area contributed by atoms with E-state index in [1.165, 1.54) is 0 Å². The molecule has 1 aliphatic carbocycles. The van der Waals surface area contributed by atoms with Crippen molar-refractivity contribution in [3.63, 3.8) is 0 Å². The molecule has 0 atom stereocenters. The van der Waals surface area contributed by atoms with Crippen molar-refractivity contribution in [1.82, 2.24) is 0 Å². The second kappa shape index (κ2) is 3.01. The second-order valence-corrected chi connectivity index (χ2v) is 4.63. The predicted molar refractivity (Wildman–Crippen MR) is 56.0 cm³/mol. The van der Waals surface area contributed by atoms with Crippen LogP contribution >= 0.6 is 0 Å². The highest BCUT2D eigenvalue weighted by Gasteiger charge is 2.55. The zero-order valence-electron chi connectivity index (χ0n) is 8.98. The van der Waals surface area contributed by atoms with Crippen molar-refractivity contribution in [1.29, 1.82) is 0 Å². The monoisotopic (exact) mass is 211 g/mol. The van der Waals surface area contributed by atoms with Crippen molar-refractivity contribution < 1.29 is 8.78 Å². The molecular weight excluding hydrogens is 196 g/mol. The minimum absolute atomic E-state index is 0.230. The van der Waals surface area contributed by atoms with Gasteiger partial charge < -0.3 is 5.73 Å². The fraction of sp³-hybridized carbons (Fsp3) is 0.500. The largest absolute Gasteiger partial charge is 0.321 e. The first-order chi connectivity index (χ1) is 6.84. The summed E-state index contributed by atoms with van der Waals surface area (Å²) in [6.07, 6.45) is -0.461. The lowest BCUT2D eigenvalue weighted by molar-refractivity contribution is -0.125. The van der Waals surface area contributed by atoms with E-state index in [9.17, 15) is 8.78 Å². The second-order valence-electron chi connectivity index (χ2n) is 4.63. The van der Waals surface area contributed by atoms with Crippen LogP contribution in [-0.4, -0.2) is 5.92 Å². The van der Waals surface area contributed by atoms with Gasteiger partial charge in [0.05, 0.1) is 5.54 Å². The van der Waals surface area contributed by atoms with Gasteiger partial charge in [0.25, 0.3) is 5.92 Å². The Morgan fingerprint density at radius 1 is 1.13 bits per heavy atom. The summed E-state index contributed by atoms with van der Waals surface area (Å²) >= 11 is 0. The van der Waals surface area contributed by atoms with E-state index in [2.05, 4.69) is 0 Å². The summed E-state index contributed by atoms with van der Waals surface area (Å²) in [6.45, 7) is 3.85. The Balaban J connectivity index is 2.39. The van der Waals surface area contributed by atoms with Crippen LogP contribution in [0.2, 0.25) is 0 Å². The van der Waals surface area contributed by atoms with Gasteiger partial charge in [-0.2, -0.15) is 0 Å². The molecule has 1 aromatic rings. The van der Waals surface area contributed by atoms with Crippen LogP contribution in [-0.2, 0) is 5.54 Å². The van der Waals surface area contributed by atoms with Crippen LogP contribution in [0.5, 0.6) is 0 Å². The lowest BCUT2D eigenvalue weighted by Gasteiger charge is -2.46. The third kappa shape index (κ3) is 1.65. The Kier molecular flexibility index (Phi) is 2.12. The molecule has 0 aliphatic heterocycles. The molecule has 3 heteroatoms. The molecule has 0 radical (unpaired) electrons. The molecule has 1 saturated carbocycles. The highest BCUT2D eigenvalue weighted by atomic mass is 19.3. The molecule has 1 aliphatic rings. The molecule has 1 aromatic carbocycles. The number of nitrogens with two attached hydrogens (primary N) is 1. The van der Waals surface area contributed by atoms with Gasteiger partial charge in [0.15, 0.2) is 0 Å². The molecule has 2 rings (SSSR count). The van der Waals surface area contributed by atoms with Crippen LogP contribution in [0, 0.1) is 13.8 Å². The van der Waals surface area contributed by atoms with Crippen LogP contribution in [0.3, 0.4) is 0 Å². The zero-order valence-corrected chi connectivity index (χ0v) is 8.98. The van der Waals surface area contributed by atoms with Gasteiger partial charge in [-0.3, -0.25) is 0 Å². The SMILES string of the molecule is Cc1cccc(C)c1C1(N)CC(F)(F)C1. The first-order valence-corrected chi connectivity index (χ1v) is 5.07. The normalized spacial score (nSPS) is 22.2. The van der Waals surface area contributed by atoms with Crippen molar-refractivity contribution in [2.24, 2.45) is 5.73 Å². The molecule has 1 nitrogen and oxygen atoms in total. The summed E-state index contributed by atoms with van der Waals surface area (Å²) in [5.41, 5.74) is 8.11. The lowest BCUT2D eigenvalue weighted by Crippen LogP contribution is -2.56. The molecule has 0 heterocycles. The van der Waals surface area contributed by atoms with Crippen LogP contribution in [0.4, 0.5) is 8.78 Å². The van der Waals surface area contributed by atoms with Gasteiger partial charge in [0.2, 0.25) is 0 Å². The van der Waals surface area contributed by atoms with Crippen molar-refractivity contribution in [2.75, 3.05) is 0 Å². The summed E-state index contributed by atoms with van der Waals surface area (Å²) < 4.78 is 25.8. The predicted octanol–water partition coefficient (Wildman–Crippen LogP) is 2.89. The molecular formula is C12H15F2N. The average Bonchev–Trinajstić information content (AvgIpc) is 1.98. The average molecular weight is 211 g/mol. The topological polar surface area (TPSA) is 26.0 Å². The van der Waals surface area contributed by atoms with Gasteiger partial charge in [-0.15, -0.1) is 0 Å². The maximum absolute atomic E-state index is 12.9. The molecule has 0 spiro atoms. The maximum atomic E-state index is 12.9. The Labute approximate surface area is 88.3 Å². The van der Waals surface area contributed by atoms with E-state index in [4.69, 9.17) is 5.73 Å². The molecule has 1 fully saturated rings. The number of aryl methyl sites for hydroxylation is 2. The minimum atomic E-state index is -2.58. The highest BCUT2D eigenvalue weighted by molar-refractivity contribution is 5.41. The Morgan fingerprint density at radius 3 is 2.00 bits per heavy atom. The summed E-state index contributed by atoms with van der Waals surface area (Å²) in [6, 6.07) is 5.77. The molecule has 0 saturated heterocycles. The molecule has 0 aromatic heterocycles. The lowest BCUT2D eigenvalue weighted by atomic mass is 9.67. The molecule has 0 unspecified atom stereocenters. The third-order valence-electron chi connectivity index (χ3n) is 3.13. The number of hydrogen-bond acceptors (Lipinski definition) is 1. The summed E-state index contributed by atoms with van der Waals surface area (Å²) in [5, 5.41) is 0. The molecule has 0 amide bonds. The van der Waals surface area contributed by atoms with Gasteiger partial charge in [-0.25, -0.2) is 8.78 Å². The maximum Gasteiger partial charge on any atom is 0.252 e. The minimum Gasteiger partial charge on any atom is -0.321 e. The van der Waals surface area contributed by atoms with Crippen molar-refractivity contribution in [3.8, 4) is 0 Å². The van der Waals surface area contributed by atoms with Gasteiger partial charge in [-0.05, 0) is 30.5 Å². The van der Waals surface area contributed by atoms with Crippen molar-refractivity contribution >= 4 is 0 Å². The number of rotatable bonds is 1. The van der Waals surface area contributed by atoms with Crippen molar-refractivity contribution in [3.05, 3.63) is 34.9 Å². The molecule has 15 heavy (non-hydrogen) atoms. The van der Waals surface area contributed by atoms with E-state index in [-0.39, 0.29) is 12.8 Å². The summed E-state index contributed by atoms with van der Waals surface area (Å²) in [4.78, 5) is 0. The number of benzene rings is 1. The number of alkyl halides is 2. The third-order valence-corrected chi connectivity index (χ3v) is 3.13. The fourth-order valence-electron chi connectivity index (χ4n) is 2.65. The smallest absolute Gasteiger partial charge is 0.252 e.